The molecular weight excluding hydrogens is 258 g/mol. The van der Waals surface area contributed by atoms with Gasteiger partial charge in [-0.15, -0.1) is 0 Å². The van der Waals surface area contributed by atoms with Crippen LogP contribution in [0.3, 0.4) is 0 Å². The van der Waals surface area contributed by atoms with E-state index in [1.807, 2.05) is 18.5 Å². The summed E-state index contributed by atoms with van der Waals surface area (Å²) in [6.07, 6.45) is 7.06. The van der Waals surface area contributed by atoms with Crippen LogP contribution in [0.2, 0.25) is 0 Å². The van der Waals surface area contributed by atoms with E-state index in [4.69, 9.17) is 0 Å². The Morgan fingerprint density at radius 2 is 2.10 bits per heavy atom. The van der Waals surface area contributed by atoms with E-state index in [0.29, 0.717) is 0 Å². The van der Waals surface area contributed by atoms with Crippen molar-refractivity contribution in [2.24, 2.45) is 0 Å². The number of pyridine rings is 1. The highest BCUT2D eigenvalue weighted by molar-refractivity contribution is 5.80. The maximum atomic E-state index is 4.19. The minimum absolute atomic E-state index is 0.864. The van der Waals surface area contributed by atoms with E-state index in [1.54, 1.807) is 0 Å². The Balaban J connectivity index is 1.83. The summed E-state index contributed by atoms with van der Waals surface area (Å²) in [5.41, 5.74) is 3.85. The molecule has 3 nitrogen and oxygen atoms in total. The van der Waals surface area contributed by atoms with Gasteiger partial charge in [-0.05, 0) is 47.7 Å². The van der Waals surface area contributed by atoms with E-state index in [-0.39, 0.29) is 0 Å². The number of rotatable bonds is 6. The van der Waals surface area contributed by atoms with Crippen LogP contribution in [0.25, 0.3) is 10.9 Å². The quantitative estimate of drug-likeness (QED) is 0.699. The first-order valence-electron chi connectivity index (χ1n) is 7.54. The Hall–Kier alpha value is -2.13. The number of nitrogens with one attached hydrogen (secondary N) is 1. The molecule has 21 heavy (non-hydrogen) atoms. The predicted octanol–water partition coefficient (Wildman–Crippen LogP) is 3.58. The molecule has 0 atom stereocenters. The van der Waals surface area contributed by atoms with Gasteiger partial charge in [-0.3, -0.25) is 4.98 Å². The van der Waals surface area contributed by atoms with Gasteiger partial charge in [0.2, 0.25) is 0 Å². The van der Waals surface area contributed by atoms with E-state index in [0.717, 1.165) is 19.6 Å². The third-order valence-corrected chi connectivity index (χ3v) is 3.67. The second kappa shape index (κ2) is 6.55. The second-order valence-electron chi connectivity index (χ2n) is 5.37. The molecule has 1 N–H and O–H groups in total. The Bertz CT molecular complexity index is 701. The molecule has 3 heteroatoms. The van der Waals surface area contributed by atoms with Gasteiger partial charge in [-0.1, -0.05) is 25.1 Å². The Kier molecular flexibility index (Phi) is 4.31. The highest BCUT2D eigenvalue weighted by Gasteiger charge is 2.03. The lowest BCUT2D eigenvalue weighted by atomic mass is 10.1. The van der Waals surface area contributed by atoms with Crippen molar-refractivity contribution in [2.75, 3.05) is 6.54 Å². The zero-order valence-electron chi connectivity index (χ0n) is 12.4. The molecule has 0 unspecified atom stereocenters. The van der Waals surface area contributed by atoms with E-state index < -0.39 is 0 Å². The van der Waals surface area contributed by atoms with E-state index in [9.17, 15) is 0 Å². The molecule has 108 valence electrons. The summed E-state index contributed by atoms with van der Waals surface area (Å²) in [5.74, 6) is 0. The van der Waals surface area contributed by atoms with Gasteiger partial charge in [0, 0.05) is 37.2 Å². The van der Waals surface area contributed by atoms with Crippen LogP contribution < -0.4 is 5.32 Å². The molecule has 1 aromatic carbocycles. The average Bonchev–Trinajstić information content (AvgIpc) is 2.91. The summed E-state index contributed by atoms with van der Waals surface area (Å²) in [6.45, 7) is 5.05. The summed E-state index contributed by atoms with van der Waals surface area (Å²) >= 11 is 0. The molecule has 0 fully saturated rings. The SMILES string of the molecule is CCCNCc1ccc2ccn(Cc3cccnc3)c2c1. The predicted molar refractivity (Wildman–Crippen MR) is 87.3 cm³/mol. The number of fused-ring (bicyclic) bond motifs is 1. The zero-order chi connectivity index (χ0) is 14.5. The summed E-state index contributed by atoms with van der Waals surface area (Å²) in [4.78, 5) is 4.19. The molecule has 3 rings (SSSR count). The first-order valence-corrected chi connectivity index (χ1v) is 7.54. The number of aromatic nitrogens is 2. The lowest BCUT2D eigenvalue weighted by molar-refractivity contribution is 0.675. The lowest BCUT2D eigenvalue weighted by Gasteiger charge is -2.08. The van der Waals surface area contributed by atoms with Crippen molar-refractivity contribution in [3.63, 3.8) is 0 Å². The van der Waals surface area contributed by atoms with Crippen LogP contribution >= 0.6 is 0 Å². The molecule has 0 bridgehead atoms. The Morgan fingerprint density at radius 3 is 2.90 bits per heavy atom. The second-order valence-corrected chi connectivity index (χ2v) is 5.37. The van der Waals surface area contributed by atoms with Crippen molar-refractivity contribution in [3.05, 3.63) is 66.1 Å². The number of benzene rings is 1. The summed E-state index contributed by atoms with van der Waals surface area (Å²) in [7, 11) is 0. The molecule has 3 aromatic rings. The molecular formula is C18H21N3. The van der Waals surface area contributed by atoms with Gasteiger partial charge in [0.1, 0.15) is 0 Å². The van der Waals surface area contributed by atoms with Gasteiger partial charge in [-0.2, -0.15) is 0 Å². The van der Waals surface area contributed by atoms with E-state index in [2.05, 4.69) is 58.3 Å². The van der Waals surface area contributed by atoms with Crippen LogP contribution in [0.4, 0.5) is 0 Å². The van der Waals surface area contributed by atoms with Crippen LogP contribution in [-0.4, -0.2) is 16.1 Å². The number of hydrogen-bond acceptors (Lipinski definition) is 2. The fourth-order valence-corrected chi connectivity index (χ4v) is 2.58. The van der Waals surface area contributed by atoms with Crippen LogP contribution in [-0.2, 0) is 13.1 Å². The fourth-order valence-electron chi connectivity index (χ4n) is 2.58. The first-order chi connectivity index (χ1) is 10.4. The summed E-state index contributed by atoms with van der Waals surface area (Å²) in [6, 6.07) is 13.0. The molecule has 0 spiro atoms. The van der Waals surface area contributed by atoms with Gasteiger partial charge >= 0.3 is 0 Å². The van der Waals surface area contributed by atoms with Crippen LogP contribution in [0.15, 0.2) is 55.0 Å². The average molecular weight is 279 g/mol. The Morgan fingerprint density at radius 1 is 1.14 bits per heavy atom. The minimum Gasteiger partial charge on any atom is -0.343 e. The largest absolute Gasteiger partial charge is 0.343 e. The number of hydrogen-bond donors (Lipinski definition) is 1. The molecule has 2 heterocycles. The van der Waals surface area contributed by atoms with Crippen LogP contribution in [0.1, 0.15) is 24.5 Å². The smallest absolute Gasteiger partial charge is 0.0491 e. The van der Waals surface area contributed by atoms with E-state index in [1.165, 1.54) is 28.5 Å². The normalized spacial score (nSPS) is 11.1. The van der Waals surface area contributed by atoms with Crippen molar-refractivity contribution in [1.82, 2.24) is 14.9 Å². The molecule has 0 radical (unpaired) electrons. The summed E-state index contributed by atoms with van der Waals surface area (Å²) < 4.78 is 2.29. The highest BCUT2D eigenvalue weighted by atomic mass is 15.0. The van der Waals surface area contributed by atoms with Gasteiger partial charge in [0.25, 0.3) is 0 Å². The topological polar surface area (TPSA) is 29.9 Å². The standard InChI is InChI=1S/C18H21N3/c1-2-8-19-12-15-5-6-17-7-10-21(18(17)11-15)14-16-4-3-9-20-13-16/h3-7,9-11,13,19H,2,8,12,14H2,1H3. The fraction of sp³-hybridized carbons (Fsp3) is 0.278. The van der Waals surface area contributed by atoms with Crippen molar-refractivity contribution in [1.29, 1.82) is 0 Å². The molecule has 0 aliphatic rings. The minimum atomic E-state index is 0.864. The van der Waals surface area contributed by atoms with Crippen molar-refractivity contribution in [3.8, 4) is 0 Å². The van der Waals surface area contributed by atoms with Gasteiger partial charge in [-0.25, -0.2) is 0 Å². The van der Waals surface area contributed by atoms with Gasteiger partial charge in [0.05, 0.1) is 0 Å². The molecule has 0 aliphatic heterocycles. The molecule has 0 saturated carbocycles. The van der Waals surface area contributed by atoms with Crippen LogP contribution in [0.5, 0.6) is 0 Å². The maximum absolute atomic E-state index is 4.19. The molecule has 2 aromatic heterocycles. The summed E-state index contributed by atoms with van der Waals surface area (Å²) in [5, 5.41) is 4.75. The first kappa shape index (κ1) is 13.8. The Labute approximate surface area is 125 Å². The van der Waals surface area contributed by atoms with Crippen molar-refractivity contribution >= 4 is 10.9 Å². The monoisotopic (exact) mass is 279 g/mol. The third kappa shape index (κ3) is 3.31. The molecule has 0 aliphatic carbocycles. The van der Waals surface area contributed by atoms with Gasteiger partial charge in [0.15, 0.2) is 0 Å². The maximum Gasteiger partial charge on any atom is 0.0491 e. The van der Waals surface area contributed by atoms with Gasteiger partial charge < -0.3 is 9.88 Å². The third-order valence-electron chi connectivity index (χ3n) is 3.67. The molecule has 0 saturated heterocycles. The van der Waals surface area contributed by atoms with Crippen LogP contribution in [0, 0.1) is 0 Å². The number of nitrogens with zero attached hydrogens (tertiary/aromatic N) is 2. The van der Waals surface area contributed by atoms with Crippen molar-refractivity contribution < 1.29 is 0 Å². The van der Waals surface area contributed by atoms with E-state index >= 15 is 0 Å². The highest BCUT2D eigenvalue weighted by Crippen LogP contribution is 2.19. The van der Waals surface area contributed by atoms with Crippen molar-refractivity contribution in [2.45, 2.75) is 26.4 Å². The molecule has 0 amide bonds. The zero-order valence-corrected chi connectivity index (χ0v) is 12.4. The lowest BCUT2D eigenvalue weighted by Crippen LogP contribution is -2.13.